The summed E-state index contributed by atoms with van der Waals surface area (Å²) in [5.41, 5.74) is 2.41. The minimum absolute atomic E-state index is 0.553. The van der Waals surface area contributed by atoms with Crippen molar-refractivity contribution in [2.24, 2.45) is 0 Å². The quantitative estimate of drug-likeness (QED) is 0.471. The topological polar surface area (TPSA) is 87.2 Å². The summed E-state index contributed by atoms with van der Waals surface area (Å²) in [6.07, 6.45) is 8.93. The van der Waals surface area contributed by atoms with Crippen LogP contribution in [0.15, 0.2) is 55.0 Å². The Hall–Kier alpha value is -3.91. The van der Waals surface area contributed by atoms with E-state index in [0.717, 1.165) is 47.0 Å². The number of rotatable bonds is 6. The fourth-order valence-corrected chi connectivity index (χ4v) is 4.36. The molecule has 1 N–H and O–H groups in total. The van der Waals surface area contributed by atoms with Gasteiger partial charge in [0.05, 0.1) is 31.9 Å². The molecule has 3 heterocycles. The summed E-state index contributed by atoms with van der Waals surface area (Å²) in [6.45, 7) is 2.68. The Morgan fingerprint density at radius 1 is 1.06 bits per heavy atom. The fraction of sp³-hybridized carbons (Fsp3) is 0.269. The molecule has 2 aromatic heterocycles. The van der Waals surface area contributed by atoms with E-state index >= 15 is 0 Å². The summed E-state index contributed by atoms with van der Waals surface area (Å²) >= 11 is 0. The minimum atomic E-state index is -1.18. The number of aromatic nitrogens is 5. The van der Waals surface area contributed by atoms with Gasteiger partial charge in [0, 0.05) is 12.7 Å². The van der Waals surface area contributed by atoms with E-state index in [2.05, 4.69) is 15.1 Å². The van der Waals surface area contributed by atoms with Gasteiger partial charge in [0.2, 0.25) is 0 Å². The number of hydrogen-bond acceptors (Lipinski definition) is 6. The normalized spacial score (nSPS) is 17.6. The smallest absolute Gasteiger partial charge is 0.174 e. The Morgan fingerprint density at radius 3 is 2.59 bits per heavy atom. The molecular formula is C26H27N5O3. The van der Waals surface area contributed by atoms with Crippen LogP contribution in [0.5, 0.6) is 11.5 Å². The molecule has 0 saturated carbocycles. The molecule has 0 fully saturated rings. The summed E-state index contributed by atoms with van der Waals surface area (Å²) in [5.74, 6) is 2.60. The van der Waals surface area contributed by atoms with E-state index < -0.39 is 5.60 Å². The van der Waals surface area contributed by atoms with Gasteiger partial charge in [-0.05, 0) is 61.2 Å². The van der Waals surface area contributed by atoms with Gasteiger partial charge in [-0.2, -0.15) is 5.10 Å². The lowest BCUT2D eigenvalue weighted by atomic mass is 9.86. The molecule has 0 bridgehead atoms. The van der Waals surface area contributed by atoms with Crippen molar-refractivity contribution in [2.75, 3.05) is 14.2 Å². The van der Waals surface area contributed by atoms with E-state index in [0.29, 0.717) is 18.1 Å². The van der Waals surface area contributed by atoms with E-state index in [1.54, 1.807) is 25.2 Å². The van der Waals surface area contributed by atoms with Gasteiger partial charge in [0.25, 0.3) is 0 Å². The third-order valence-corrected chi connectivity index (χ3v) is 6.15. The number of imidazole rings is 1. The summed E-state index contributed by atoms with van der Waals surface area (Å²) in [7, 11) is 3.28. The summed E-state index contributed by atoms with van der Waals surface area (Å²) in [5, 5.41) is 16.2. The van der Waals surface area contributed by atoms with Crippen molar-refractivity contribution in [1.82, 2.24) is 24.3 Å². The Morgan fingerprint density at radius 2 is 1.88 bits per heavy atom. The van der Waals surface area contributed by atoms with E-state index in [1.165, 1.54) is 0 Å². The third kappa shape index (κ3) is 3.97. The number of aryl methyl sites for hydroxylation is 2. The monoisotopic (exact) mass is 457 g/mol. The molecule has 2 aromatic carbocycles. The maximum absolute atomic E-state index is 11.6. The maximum Gasteiger partial charge on any atom is 0.174 e. The van der Waals surface area contributed by atoms with E-state index in [1.807, 2.05) is 72.3 Å². The van der Waals surface area contributed by atoms with Crippen molar-refractivity contribution in [2.45, 2.75) is 31.9 Å². The largest absolute Gasteiger partial charge is 0.497 e. The highest BCUT2D eigenvalue weighted by Crippen LogP contribution is 2.37. The minimum Gasteiger partial charge on any atom is -0.497 e. The van der Waals surface area contributed by atoms with Gasteiger partial charge in [-0.3, -0.25) is 0 Å². The zero-order valence-corrected chi connectivity index (χ0v) is 19.5. The second-order valence-corrected chi connectivity index (χ2v) is 8.40. The van der Waals surface area contributed by atoms with Gasteiger partial charge in [-0.1, -0.05) is 24.3 Å². The van der Waals surface area contributed by atoms with Crippen LogP contribution in [0.4, 0.5) is 0 Å². The second-order valence-electron chi connectivity index (χ2n) is 8.40. The molecule has 4 aromatic rings. The van der Waals surface area contributed by atoms with Crippen molar-refractivity contribution in [3.63, 3.8) is 0 Å². The van der Waals surface area contributed by atoms with Crippen molar-refractivity contribution >= 4 is 12.2 Å². The summed E-state index contributed by atoms with van der Waals surface area (Å²) < 4.78 is 14.6. The maximum atomic E-state index is 11.6. The lowest BCUT2D eigenvalue weighted by Crippen LogP contribution is -2.35. The van der Waals surface area contributed by atoms with Crippen LogP contribution in [0.25, 0.3) is 17.8 Å². The molecule has 34 heavy (non-hydrogen) atoms. The van der Waals surface area contributed by atoms with E-state index in [-0.39, 0.29) is 0 Å². The van der Waals surface area contributed by atoms with Gasteiger partial charge in [0.15, 0.2) is 11.6 Å². The number of methoxy groups -OCH3 is 2. The number of ether oxygens (including phenoxy) is 2. The van der Waals surface area contributed by atoms with Crippen molar-refractivity contribution < 1.29 is 14.6 Å². The predicted octanol–water partition coefficient (Wildman–Crippen LogP) is 3.99. The average molecular weight is 458 g/mol. The molecule has 8 nitrogen and oxygen atoms in total. The molecule has 174 valence electrons. The SMILES string of the molecule is COc1ccc([C@@]2(O)CCCn3nc(/C=C/c4ccc(-n5cnc(C)c5)c(OC)c4)nc32)cc1. The Balaban J connectivity index is 1.42. The van der Waals surface area contributed by atoms with Gasteiger partial charge in [-0.25, -0.2) is 14.6 Å². The second kappa shape index (κ2) is 8.79. The van der Waals surface area contributed by atoms with Crippen LogP contribution in [-0.4, -0.2) is 43.6 Å². The molecule has 0 radical (unpaired) electrons. The van der Waals surface area contributed by atoms with Crippen LogP contribution in [0.1, 0.15) is 41.3 Å². The summed E-state index contributed by atoms with van der Waals surface area (Å²) in [6, 6.07) is 13.4. The molecule has 0 amide bonds. The highest BCUT2D eigenvalue weighted by atomic mass is 16.5. The Kier molecular flexibility index (Phi) is 5.67. The number of aliphatic hydroxyl groups is 1. The first-order chi connectivity index (χ1) is 16.5. The number of fused-ring (bicyclic) bond motifs is 1. The molecule has 8 heteroatoms. The summed E-state index contributed by atoms with van der Waals surface area (Å²) in [4.78, 5) is 8.98. The van der Waals surface area contributed by atoms with E-state index in [4.69, 9.17) is 9.47 Å². The van der Waals surface area contributed by atoms with Crippen LogP contribution in [0.3, 0.4) is 0 Å². The van der Waals surface area contributed by atoms with Crippen LogP contribution in [0.2, 0.25) is 0 Å². The average Bonchev–Trinajstić information content (AvgIpc) is 3.49. The molecular weight excluding hydrogens is 430 g/mol. The van der Waals surface area contributed by atoms with Gasteiger partial charge < -0.3 is 19.1 Å². The molecule has 0 spiro atoms. The van der Waals surface area contributed by atoms with Crippen molar-refractivity contribution in [3.8, 4) is 17.2 Å². The highest BCUT2D eigenvalue weighted by Gasteiger charge is 2.39. The molecule has 0 aliphatic carbocycles. The molecule has 1 aliphatic heterocycles. The van der Waals surface area contributed by atoms with E-state index in [9.17, 15) is 5.11 Å². The number of nitrogens with zero attached hydrogens (tertiary/aromatic N) is 5. The molecule has 1 atom stereocenters. The molecule has 0 unspecified atom stereocenters. The first-order valence-corrected chi connectivity index (χ1v) is 11.2. The lowest BCUT2D eigenvalue weighted by Gasteiger charge is -2.31. The van der Waals surface area contributed by atoms with Crippen LogP contribution in [0, 0.1) is 6.92 Å². The number of hydrogen-bond donors (Lipinski definition) is 1. The van der Waals surface area contributed by atoms with Gasteiger partial charge >= 0.3 is 0 Å². The molecule has 5 rings (SSSR count). The zero-order chi connectivity index (χ0) is 23.7. The van der Waals surface area contributed by atoms with Crippen LogP contribution >= 0.6 is 0 Å². The fourth-order valence-electron chi connectivity index (χ4n) is 4.36. The lowest BCUT2D eigenvalue weighted by molar-refractivity contribution is 0.0395. The zero-order valence-electron chi connectivity index (χ0n) is 19.5. The molecule has 1 aliphatic rings. The first kappa shape index (κ1) is 21.9. The van der Waals surface area contributed by atoms with Gasteiger partial charge in [-0.15, -0.1) is 0 Å². The van der Waals surface area contributed by atoms with Crippen molar-refractivity contribution in [3.05, 3.63) is 83.5 Å². The molecule has 0 saturated heterocycles. The van der Waals surface area contributed by atoms with Crippen LogP contribution in [-0.2, 0) is 12.1 Å². The highest BCUT2D eigenvalue weighted by molar-refractivity contribution is 5.69. The van der Waals surface area contributed by atoms with Gasteiger partial charge in [0.1, 0.15) is 17.1 Å². The van der Waals surface area contributed by atoms with Crippen molar-refractivity contribution in [1.29, 1.82) is 0 Å². The Bertz CT molecular complexity index is 1340. The Labute approximate surface area is 198 Å². The third-order valence-electron chi connectivity index (χ3n) is 6.15. The predicted molar refractivity (Wildman–Crippen MR) is 129 cm³/mol. The van der Waals surface area contributed by atoms with Crippen LogP contribution < -0.4 is 9.47 Å². The first-order valence-electron chi connectivity index (χ1n) is 11.2. The number of benzene rings is 2. The standard InChI is InChI=1S/C26H27N5O3/c1-18-16-30(17-27-18)22-11-5-19(15-23(22)34-3)6-12-24-28-25-26(32,13-4-14-31(25)29-24)20-7-9-21(33-2)10-8-20/h5-12,15-17,32H,4,13-14H2,1-3H3/b12-6+/t26-/m0/s1.